The maximum atomic E-state index is 12.8. The van der Waals surface area contributed by atoms with Gasteiger partial charge in [0, 0.05) is 19.0 Å². The third kappa shape index (κ3) is 3.05. The first-order valence-corrected chi connectivity index (χ1v) is 9.70. The van der Waals surface area contributed by atoms with E-state index in [1.54, 1.807) is 12.1 Å². The highest BCUT2D eigenvalue weighted by Crippen LogP contribution is 2.29. The van der Waals surface area contributed by atoms with Gasteiger partial charge in [-0.15, -0.1) is 11.3 Å². The number of likely N-dealkylation sites (tertiary alicyclic amines) is 1. The molecule has 3 aromatic rings. The number of nitrogens with one attached hydrogen (secondary N) is 1. The number of Topliss-reactive ketones (excluding diaryl/α,β-unsaturated/α-hetero) is 1. The third-order valence-corrected chi connectivity index (χ3v) is 6.17. The van der Waals surface area contributed by atoms with Gasteiger partial charge in [-0.1, -0.05) is 12.1 Å². The number of imidazole rings is 1. The molecule has 0 unspecified atom stereocenters. The lowest BCUT2D eigenvalue weighted by atomic mass is 9.97. The number of aromatic nitrogens is 2. The van der Waals surface area contributed by atoms with Gasteiger partial charge in [0.1, 0.15) is 5.82 Å². The molecule has 2 aromatic heterocycles. The standard InChI is InChI=1S/C20H21N3O2S/c1-12-5-3-7-15-18(12)22-19(21-15)14-6-4-10-23(11-14)20(25)17-9-8-16(26-17)13(2)24/h3,5,7-9,14H,4,6,10-11H2,1-2H3,(H,21,22)/t14-/m1/s1. The number of piperidine rings is 1. The summed E-state index contributed by atoms with van der Waals surface area (Å²) in [6.07, 6.45) is 1.98. The van der Waals surface area contributed by atoms with Crippen LogP contribution in [0.1, 0.15) is 56.4 Å². The van der Waals surface area contributed by atoms with E-state index in [1.165, 1.54) is 18.3 Å². The highest BCUT2D eigenvalue weighted by Gasteiger charge is 2.28. The number of benzene rings is 1. The van der Waals surface area contributed by atoms with Crippen LogP contribution in [0.15, 0.2) is 30.3 Å². The van der Waals surface area contributed by atoms with Gasteiger partial charge >= 0.3 is 0 Å². The molecule has 1 N–H and O–H groups in total. The molecule has 3 heterocycles. The Kier molecular flexibility index (Phi) is 4.36. The van der Waals surface area contributed by atoms with E-state index in [0.717, 1.165) is 41.8 Å². The molecular weight excluding hydrogens is 346 g/mol. The lowest BCUT2D eigenvalue weighted by Crippen LogP contribution is -2.39. The largest absolute Gasteiger partial charge is 0.342 e. The molecule has 26 heavy (non-hydrogen) atoms. The summed E-state index contributed by atoms with van der Waals surface area (Å²) in [5.41, 5.74) is 3.22. The fourth-order valence-corrected chi connectivity index (χ4v) is 4.44. The summed E-state index contributed by atoms with van der Waals surface area (Å²) in [4.78, 5) is 35.7. The summed E-state index contributed by atoms with van der Waals surface area (Å²) in [6.45, 7) is 5.00. The van der Waals surface area contributed by atoms with E-state index in [1.807, 2.05) is 17.0 Å². The lowest BCUT2D eigenvalue weighted by molar-refractivity contribution is 0.0709. The number of hydrogen-bond donors (Lipinski definition) is 1. The molecule has 1 atom stereocenters. The Labute approximate surface area is 156 Å². The number of nitrogens with zero attached hydrogens (tertiary/aromatic N) is 2. The first kappa shape index (κ1) is 17.0. The molecule has 4 rings (SSSR count). The van der Waals surface area contributed by atoms with Gasteiger partial charge in [0.15, 0.2) is 5.78 Å². The van der Waals surface area contributed by atoms with E-state index >= 15 is 0 Å². The van der Waals surface area contributed by atoms with Crippen LogP contribution in [0, 0.1) is 6.92 Å². The van der Waals surface area contributed by atoms with Crippen LogP contribution in [0.4, 0.5) is 0 Å². The summed E-state index contributed by atoms with van der Waals surface area (Å²) in [6, 6.07) is 9.63. The van der Waals surface area contributed by atoms with Crippen LogP contribution in [0.25, 0.3) is 11.0 Å². The van der Waals surface area contributed by atoms with Crippen molar-refractivity contribution >= 4 is 34.1 Å². The van der Waals surface area contributed by atoms with Gasteiger partial charge in [-0.2, -0.15) is 0 Å². The molecule has 0 saturated carbocycles. The Morgan fingerprint density at radius 1 is 1.23 bits per heavy atom. The lowest BCUT2D eigenvalue weighted by Gasteiger charge is -2.31. The fraction of sp³-hybridized carbons (Fsp3) is 0.350. The van der Waals surface area contributed by atoms with Crippen LogP contribution in [0.2, 0.25) is 0 Å². The zero-order valence-corrected chi connectivity index (χ0v) is 15.7. The molecule has 1 aliphatic rings. The van der Waals surface area contributed by atoms with Crippen LogP contribution in [0.3, 0.4) is 0 Å². The zero-order chi connectivity index (χ0) is 18.3. The van der Waals surface area contributed by atoms with Crippen LogP contribution in [-0.4, -0.2) is 39.6 Å². The van der Waals surface area contributed by atoms with Crippen LogP contribution in [-0.2, 0) is 0 Å². The average Bonchev–Trinajstić information content (AvgIpc) is 3.29. The maximum absolute atomic E-state index is 12.8. The normalized spacial score (nSPS) is 17.6. The van der Waals surface area contributed by atoms with Gasteiger partial charge in [0.05, 0.1) is 20.8 Å². The number of carbonyl (C=O) groups excluding carboxylic acids is 2. The molecular formula is C20H21N3O2S. The Morgan fingerprint density at radius 3 is 2.77 bits per heavy atom. The molecule has 1 saturated heterocycles. The number of ketones is 1. The second-order valence-corrected chi connectivity index (χ2v) is 7.99. The summed E-state index contributed by atoms with van der Waals surface area (Å²) in [5, 5.41) is 0. The Balaban J connectivity index is 1.55. The van der Waals surface area contributed by atoms with Crippen LogP contribution in [0.5, 0.6) is 0 Å². The topological polar surface area (TPSA) is 66.1 Å². The number of fused-ring (bicyclic) bond motifs is 1. The van der Waals surface area contributed by atoms with Gasteiger partial charge in [0.25, 0.3) is 5.91 Å². The molecule has 0 radical (unpaired) electrons. The van der Waals surface area contributed by atoms with Gasteiger partial charge in [-0.3, -0.25) is 9.59 Å². The molecule has 1 aliphatic heterocycles. The van der Waals surface area contributed by atoms with Crippen molar-refractivity contribution < 1.29 is 9.59 Å². The SMILES string of the molecule is CC(=O)c1ccc(C(=O)N2CCC[C@@H](c3nc4c(C)cccc4[nH]3)C2)s1. The molecule has 1 amide bonds. The van der Waals surface area contributed by atoms with Crippen molar-refractivity contribution in [3.05, 3.63) is 51.5 Å². The summed E-state index contributed by atoms with van der Waals surface area (Å²) >= 11 is 1.28. The number of aryl methyl sites for hydroxylation is 1. The molecule has 1 fully saturated rings. The van der Waals surface area contributed by atoms with Crippen molar-refractivity contribution in [1.29, 1.82) is 0 Å². The van der Waals surface area contributed by atoms with Gasteiger partial charge < -0.3 is 9.88 Å². The number of thiophene rings is 1. The minimum Gasteiger partial charge on any atom is -0.342 e. The Bertz CT molecular complexity index is 988. The van der Waals surface area contributed by atoms with E-state index in [9.17, 15) is 9.59 Å². The monoisotopic (exact) mass is 367 g/mol. The van der Waals surface area contributed by atoms with Gasteiger partial charge in [-0.05, 0) is 50.5 Å². The highest BCUT2D eigenvalue weighted by molar-refractivity contribution is 7.15. The molecule has 1 aromatic carbocycles. The van der Waals surface area contributed by atoms with Crippen molar-refractivity contribution in [3.63, 3.8) is 0 Å². The number of rotatable bonds is 3. The van der Waals surface area contributed by atoms with E-state index in [2.05, 4.69) is 18.0 Å². The number of carbonyl (C=O) groups is 2. The molecule has 134 valence electrons. The van der Waals surface area contributed by atoms with E-state index in [-0.39, 0.29) is 17.6 Å². The first-order valence-electron chi connectivity index (χ1n) is 8.88. The van der Waals surface area contributed by atoms with E-state index in [0.29, 0.717) is 16.3 Å². The quantitative estimate of drug-likeness (QED) is 0.707. The number of amides is 1. The number of hydrogen-bond acceptors (Lipinski definition) is 4. The molecule has 0 spiro atoms. The van der Waals surface area contributed by atoms with Crippen molar-refractivity contribution in [1.82, 2.24) is 14.9 Å². The first-order chi connectivity index (χ1) is 12.5. The minimum atomic E-state index is 0.00298. The van der Waals surface area contributed by atoms with Crippen molar-refractivity contribution in [2.75, 3.05) is 13.1 Å². The predicted octanol–water partition coefficient (Wildman–Crippen LogP) is 4.16. The second-order valence-electron chi connectivity index (χ2n) is 6.90. The zero-order valence-electron chi connectivity index (χ0n) is 14.9. The average molecular weight is 367 g/mol. The summed E-state index contributed by atoms with van der Waals surface area (Å²) in [5.74, 6) is 1.19. The van der Waals surface area contributed by atoms with Crippen molar-refractivity contribution in [3.8, 4) is 0 Å². The summed E-state index contributed by atoms with van der Waals surface area (Å²) in [7, 11) is 0. The Hall–Kier alpha value is -2.47. The van der Waals surface area contributed by atoms with E-state index in [4.69, 9.17) is 4.98 Å². The van der Waals surface area contributed by atoms with Crippen LogP contribution >= 0.6 is 11.3 Å². The molecule has 0 bridgehead atoms. The second kappa shape index (κ2) is 6.68. The highest BCUT2D eigenvalue weighted by atomic mass is 32.1. The minimum absolute atomic E-state index is 0.00298. The number of para-hydroxylation sites is 1. The molecule has 0 aliphatic carbocycles. The molecule has 5 nitrogen and oxygen atoms in total. The van der Waals surface area contributed by atoms with E-state index < -0.39 is 0 Å². The van der Waals surface area contributed by atoms with Gasteiger partial charge in [0.2, 0.25) is 0 Å². The maximum Gasteiger partial charge on any atom is 0.263 e. The smallest absolute Gasteiger partial charge is 0.263 e. The van der Waals surface area contributed by atoms with Gasteiger partial charge in [-0.25, -0.2) is 4.98 Å². The predicted molar refractivity (Wildman–Crippen MR) is 103 cm³/mol. The number of H-pyrrole nitrogens is 1. The Morgan fingerprint density at radius 2 is 2.04 bits per heavy atom. The van der Waals surface area contributed by atoms with Crippen molar-refractivity contribution in [2.24, 2.45) is 0 Å². The fourth-order valence-electron chi connectivity index (χ4n) is 3.57. The third-order valence-electron chi connectivity index (χ3n) is 4.99. The van der Waals surface area contributed by atoms with Crippen molar-refractivity contribution in [2.45, 2.75) is 32.6 Å². The molecule has 6 heteroatoms. The number of aromatic amines is 1. The summed E-state index contributed by atoms with van der Waals surface area (Å²) < 4.78 is 0. The van der Waals surface area contributed by atoms with Crippen LogP contribution < -0.4 is 0 Å².